The smallest absolute Gasteiger partial charge is 0.195 e. The van der Waals surface area contributed by atoms with Crippen LogP contribution in [0.25, 0.3) is 5.57 Å². The zero-order valence-electron chi connectivity index (χ0n) is 10.7. The normalized spacial score (nSPS) is 17.8. The summed E-state index contributed by atoms with van der Waals surface area (Å²) in [5.74, 6) is 0. The first-order valence-electron chi connectivity index (χ1n) is 5.94. The fourth-order valence-corrected chi connectivity index (χ4v) is 3.05. The summed E-state index contributed by atoms with van der Waals surface area (Å²) < 4.78 is 26.7. The molecule has 1 heterocycles. The van der Waals surface area contributed by atoms with Crippen molar-refractivity contribution >= 4 is 15.8 Å². The molecule has 0 saturated heterocycles. The molecule has 0 atom stereocenters. The van der Waals surface area contributed by atoms with E-state index >= 15 is 0 Å². The predicted molar refractivity (Wildman–Crippen MR) is 73.2 cm³/mol. The van der Waals surface area contributed by atoms with Crippen LogP contribution < -0.4 is 0 Å². The van der Waals surface area contributed by atoms with Crippen LogP contribution in [0.15, 0.2) is 36.4 Å². The molecule has 4 nitrogen and oxygen atoms in total. The molecule has 0 spiro atoms. The number of rotatable bonds is 3. The molecule has 0 saturated carbocycles. The molecule has 0 amide bonds. The van der Waals surface area contributed by atoms with Gasteiger partial charge in [0.05, 0.1) is 0 Å². The number of hydrogen-bond donors (Lipinski definition) is 0. The molecule has 1 aromatic carbocycles. The van der Waals surface area contributed by atoms with E-state index in [0.29, 0.717) is 13.1 Å². The Labute approximate surface area is 109 Å². The summed E-state index contributed by atoms with van der Waals surface area (Å²) in [6.07, 6.45) is 2.76. The predicted octanol–water partition coefficient (Wildman–Crippen LogP) is 1.58. The first-order valence-corrected chi connectivity index (χ1v) is 7.33. The van der Waals surface area contributed by atoms with Gasteiger partial charge in [0, 0.05) is 27.2 Å². The van der Waals surface area contributed by atoms with E-state index in [0.717, 1.165) is 6.42 Å². The number of benzene rings is 1. The molecular weight excluding hydrogens is 248 g/mol. The van der Waals surface area contributed by atoms with E-state index in [1.165, 1.54) is 19.7 Å². The van der Waals surface area contributed by atoms with Crippen molar-refractivity contribution in [1.82, 2.24) is 8.61 Å². The van der Waals surface area contributed by atoms with Crippen LogP contribution in [0.4, 0.5) is 0 Å². The van der Waals surface area contributed by atoms with Crippen molar-refractivity contribution in [2.24, 2.45) is 0 Å². The Balaban J connectivity index is 2.14. The fourth-order valence-electron chi connectivity index (χ4n) is 2.01. The Bertz CT molecular complexity index is 535. The zero-order valence-corrected chi connectivity index (χ0v) is 11.5. The summed E-state index contributed by atoms with van der Waals surface area (Å²) in [6.45, 7) is 0.992. The van der Waals surface area contributed by atoms with E-state index in [2.05, 4.69) is 12.1 Å². The highest BCUT2D eigenvalue weighted by Gasteiger charge is 2.26. The average Bonchev–Trinajstić information content (AvgIpc) is 2.40. The minimum atomic E-state index is -3.28. The van der Waals surface area contributed by atoms with E-state index in [4.69, 9.17) is 0 Å². The van der Waals surface area contributed by atoms with Gasteiger partial charge in [0.1, 0.15) is 0 Å². The molecule has 0 unspecified atom stereocenters. The number of hydrogen-bond acceptors (Lipinski definition) is 2. The maximum atomic E-state index is 12.0. The summed E-state index contributed by atoms with van der Waals surface area (Å²) in [7, 11) is -0.161. The first kappa shape index (κ1) is 13.3. The van der Waals surface area contributed by atoms with Crippen molar-refractivity contribution < 1.29 is 8.42 Å². The van der Waals surface area contributed by atoms with Crippen molar-refractivity contribution in [3.05, 3.63) is 42.0 Å². The lowest BCUT2D eigenvalue weighted by Gasteiger charge is -2.28. The summed E-state index contributed by atoms with van der Waals surface area (Å²) in [6, 6.07) is 10.1. The molecule has 1 aromatic rings. The van der Waals surface area contributed by atoms with Gasteiger partial charge in [-0.25, -0.2) is 0 Å². The lowest BCUT2D eigenvalue weighted by molar-refractivity contribution is 0.397. The summed E-state index contributed by atoms with van der Waals surface area (Å²) in [5, 5.41) is 0. The average molecular weight is 266 g/mol. The standard InChI is InChI=1S/C13H18N2O2S/c1-14(2)18(16,17)15-10-8-13(9-11-15)12-6-4-3-5-7-12/h3-8H,9-11H2,1-2H3. The van der Waals surface area contributed by atoms with Gasteiger partial charge < -0.3 is 0 Å². The third-order valence-corrected chi connectivity index (χ3v) is 5.01. The van der Waals surface area contributed by atoms with Gasteiger partial charge >= 0.3 is 0 Å². The Kier molecular flexibility index (Phi) is 3.85. The molecule has 98 valence electrons. The topological polar surface area (TPSA) is 40.6 Å². The summed E-state index contributed by atoms with van der Waals surface area (Å²) in [5.41, 5.74) is 2.40. The van der Waals surface area contributed by atoms with Gasteiger partial charge in [-0.3, -0.25) is 0 Å². The molecule has 1 aliphatic rings. The Morgan fingerprint density at radius 2 is 1.83 bits per heavy atom. The minimum absolute atomic E-state index is 0.449. The van der Waals surface area contributed by atoms with Crippen molar-refractivity contribution in [3.63, 3.8) is 0 Å². The highest BCUT2D eigenvalue weighted by molar-refractivity contribution is 7.86. The van der Waals surface area contributed by atoms with Gasteiger partial charge in [0.2, 0.25) is 0 Å². The molecule has 2 rings (SSSR count). The Morgan fingerprint density at radius 1 is 1.17 bits per heavy atom. The Morgan fingerprint density at radius 3 is 2.33 bits per heavy atom. The van der Waals surface area contributed by atoms with E-state index < -0.39 is 10.2 Å². The van der Waals surface area contributed by atoms with Gasteiger partial charge in [-0.05, 0) is 17.6 Å². The van der Waals surface area contributed by atoms with Crippen LogP contribution >= 0.6 is 0 Å². The van der Waals surface area contributed by atoms with Crippen LogP contribution in [0.1, 0.15) is 12.0 Å². The molecule has 0 aliphatic carbocycles. The Hall–Kier alpha value is -1.17. The molecule has 0 aromatic heterocycles. The molecule has 18 heavy (non-hydrogen) atoms. The second-order valence-corrected chi connectivity index (χ2v) is 6.64. The summed E-state index contributed by atoms with van der Waals surface area (Å²) >= 11 is 0. The highest BCUT2D eigenvalue weighted by atomic mass is 32.2. The van der Waals surface area contributed by atoms with Crippen LogP contribution in [-0.4, -0.2) is 44.2 Å². The third kappa shape index (κ3) is 2.63. The van der Waals surface area contributed by atoms with Crippen molar-refractivity contribution in [2.75, 3.05) is 27.2 Å². The molecule has 5 heteroatoms. The van der Waals surface area contributed by atoms with Gasteiger partial charge in [0.15, 0.2) is 0 Å². The van der Waals surface area contributed by atoms with Gasteiger partial charge in [0.25, 0.3) is 10.2 Å². The van der Waals surface area contributed by atoms with Crippen LogP contribution in [0.3, 0.4) is 0 Å². The first-order chi connectivity index (χ1) is 8.51. The maximum absolute atomic E-state index is 12.0. The zero-order chi connectivity index (χ0) is 13.2. The molecule has 0 radical (unpaired) electrons. The van der Waals surface area contributed by atoms with Crippen LogP contribution in [-0.2, 0) is 10.2 Å². The molecule has 0 fully saturated rings. The quantitative estimate of drug-likeness (QED) is 0.833. The molecule has 0 bridgehead atoms. The fraction of sp³-hybridized carbons (Fsp3) is 0.385. The van der Waals surface area contributed by atoms with Gasteiger partial charge in [-0.15, -0.1) is 0 Å². The third-order valence-electron chi connectivity index (χ3n) is 3.10. The highest BCUT2D eigenvalue weighted by Crippen LogP contribution is 2.23. The number of nitrogens with zero attached hydrogens (tertiary/aromatic N) is 2. The SMILES string of the molecule is CN(C)S(=O)(=O)N1CC=C(c2ccccc2)CC1. The molecule has 1 aliphatic heterocycles. The second kappa shape index (κ2) is 5.22. The summed E-state index contributed by atoms with van der Waals surface area (Å²) in [4.78, 5) is 0. The van der Waals surface area contributed by atoms with E-state index in [1.807, 2.05) is 24.3 Å². The van der Waals surface area contributed by atoms with Crippen molar-refractivity contribution in [2.45, 2.75) is 6.42 Å². The lowest BCUT2D eigenvalue weighted by Crippen LogP contribution is -2.42. The lowest BCUT2D eigenvalue weighted by atomic mass is 10.0. The van der Waals surface area contributed by atoms with E-state index in [1.54, 1.807) is 14.1 Å². The molecule has 0 N–H and O–H groups in total. The van der Waals surface area contributed by atoms with Crippen LogP contribution in [0.5, 0.6) is 0 Å². The van der Waals surface area contributed by atoms with Crippen molar-refractivity contribution in [1.29, 1.82) is 0 Å². The molecular formula is C13H18N2O2S. The maximum Gasteiger partial charge on any atom is 0.281 e. The van der Waals surface area contributed by atoms with Crippen LogP contribution in [0.2, 0.25) is 0 Å². The van der Waals surface area contributed by atoms with Crippen LogP contribution in [0, 0.1) is 0 Å². The second-order valence-electron chi connectivity index (χ2n) is 4.49. The largest absolute Gasteiger partial charge is 0.281 e. The van der Waals surface area contributed by atoms with Crippen molar-refractivity contribution in [3.8, 4) is 0 Å². The van der Waals surface area contributed by atoms with Gasteiger partial charge in [-0.2, -0.15) is 17.0 Å². The monoisotopic (exact) mass is 266 g/mol. The minimum Gasteiger partial charge on any atom is -0.195 e. The van der Waals surface area contributed by atoms with E-state index in [-0.39, 0.29) is 0 Å². The van der Waals surface area contributed by atoms with E-state index in [9.17, 15) is 8.42 Å². The van der Waals surface area contributed by atoms with Gasteiger partial charge in [-0.1, -0.05) is 36.4 Å².